The van der Waals surface area contributed by atoms with Crippen LogP contribution in [0.4, 0.5) is 0 Å². The summed E-state index contributed by atoms with van der Waals surface area (Å²) >= 11 is 0. The molecule has 0 saturated carbocycles. The van der Waals surface area contributed by atoms with Crippen LogP contribution >= 0.6 is 0 Å². The van der Waals surface area contributed by atoms with Crippen molar-refractivity contribution in [2.24, 2.45) is 0 Å². The molecule has 1 aromatic heterocycles. The Balaban J connectivity index is 1.69. The standard InChI is InChI=1S/C16H21N3O/c1-2-8-19-12-17-10-13(19)11-18-15-7-9-20-16-6-4-3-5-14(15)16/h3-6,10,12,15,18H,2,7-9,11H2,1H3. The second kappa shape index (κ2) is 6.09. The van der Waals surface area contributed by atoms with Gasteiger partial charge >= 0.3 is 0 Å². The van der Waals surface area contributed by atoms with Crippen LogP contribution < -0.4 is 10.1 Å². The minimum absolute atomic E-state index is 0.366. The Labute approximate surface area is 119 Å². The van der Waals surface area contributed by atoms with E-state index in [9.17, 15) is 0 Å². The van der Waals surface area contributed by atoms with Crippen LogP contribution in [0.3, 0.4) is 0 Å². The number of hydrogen-bond donors (Lipinski definition) is 1. The van der Waals surface area contributed by atoms with Crippen molar-refractivity contribution in [3.8, 4) is 5.75 Å². The first-order valence-corrected chi connectivity index (χ1v) is 7.32. The number of rotatable bonds is 5. The highest BCUT2D eigenvalue weighted by atomic mass is 16.5. The van der Waals surface area contributed by atoms with Gasteiger partial charge in [-0.25, -0.2) is 4.98 Å². The number of benzene rings is 1. The smallest absolute Gasteiger partial charge is 0.124 e. The molecule has 1 atom stereocenters. The first kappa shape index (κ1) is 13.2. The van der Waals surface area contributed by atoms with E-state index < -0.39 is 0 Å². The zero-order chi connectivity index (χ0) is 13.8. The molecule has 1 unspecified atom stereocenters. The molecule has 106 valence electrons. The molecule has 4 heteroatoms. The highest BCUT2D eigenvalue weighted by Gasteiger charge is 2.20. The number of ether oxygens (including phenoxy) is 1. The first-order valence-electron chi connectivity index (χ1n) is 7.32. The Morgan fingerprint density at radius 1 is 1.40 bits per heavy atom. The summed E-state index contributed by atoms with van der Waals surface area (Å²) in [4.78, 5) is 4.25. The second-order valence-corrected chi connectivity index (χ2v) is 5.19. The zero-order valence-corrected chi connectivity index (χ0v) is 11.9. The fraction of sp³-hybridized carbons (Fsp3) is 0.438. The van der Waals surface area contributed by atoms with E-state index in [0.717, 1.165) is 38.3 Å². The van der Waals surface area contributed by atoms with Crippen molar-refractivity contribution in [1.29, 1.82) is 0 Å². The van der Waals surface area contributed by atoms with Gasteiger partial charge in [-0.05, 0) is 12.5 Å². The third kappa shape index (κ3) is 2.70. The summed E-state index contributed by atoms with van der Waals surface area (Å²) in [6, 6.07) is 8.66. The molecule has 0 amide bonds. The average molecular weight is 271 g/mol. The average Bonchev–Trinajstić information content (AvgIpc) is 2.93. The molecule has 2 heterocycles. The van der Waals surface area contributed by atoms with Gasteiger partial charge < -0.3 is 14.6 Å². The van der Waals surface area contributed by atoms with E-state index in [1.807, 2.05) is 24.7 Å². The molecule has 1 N–H and O–H groups in total. The number of fused-ring (bicyclic) bond motifs is 1. The van der Waals surface area contributed by atoms with Crippen molar-refractivity contribution < 1.29 is 4.74 Å². The van der Waals surface area contributed by atoms with E-state index in [1.54, 1.807) is 0 Å². The van der Waals surface area contributed by atoms with E-state index in [-0.39, 0.29) is 0 Å². The molecule has 0 radical (unpaired) electrons. The Kier molecular flexibility index (Phi) is 4.02. The molecule has 0 fully saturated rings. The van der Waals surface area contributed by atoms with Gasteiger partial charge in [0.05, 0.1) is 18.6 Å². The molecular weight excluding hydrogens is 250 g/mol. The lowest BCUT2D eigenvalue weighted by Crippen LogP contribution is -2.27. The van der Waals surface area contributed by atoms with Crippen LogP contribution in [0.15, 0.2) is 36.8 Å². The lowest BCUT2D eigenvalue weighted by molar-refractivity contribution is 0.251. The van der Waals surface area contributed by atoms with Crippen molar-refractivity contribution in [2.45, 2.75) is 38.9 Å². The van der Waals surface area contributed by atoms with Crippen molar-refractivity contribution in [1.82, 2.24) is 14.9 Å². The molecule has 0 spiro atoms. The summed E-state index contributed by atoms with van der Waals surface area (Å²) in [5.41, 5.74) is 2.51. The fourth-order valence-electron chi connectivity index (χ4n) is 2.72. The van der Waals surface area contributed by atoms with Crippen LogP contribution in [-0.2, 0) is 13.1 Å². The van der Waals surface area contributed by atoms with Crippen molar-refractivity contribution in [3.05, 3.63) is 48.0 Å². The molecule has 3 rings (SSSR count). The highest BCUT2D eigenvalue weighted by molar-refractivity contribution is 5.37. The maximum atomic E-state index is 5.70. The predicted octanol–water partition coefficient (Wildman–Crippen LogP) is 2.91. The van der Waals surface area contributed by atoms with Gasteiger partial charge in [0.25, 0.3) is 0 Å². The Morgan fingerprint density at radius 2 is 2.30 bits per heavy atom. The summed E-state index contributed by atoms with van der Waals surface area (Å²) < 4.78 is 7.92. The number of hydrogen-bond acceptors (Lipinski definition) is 3. The third-order valence-corrected chi connectivity index (χ3v) is 3.75. The zero-order valence-electron chi connectivity index (χ0n) is 11.9. The lowest BCUT2D eigenvalue weighted by atomic mass is 10.0. The van der Waals surface area contributed by atoms with Gasteiger partial charge in [-0.1, -0.05) is 25.1 Å². The molecule has 4 nitrogen and oxygen atoms in total. The first-order chi connectivity index (χ1) is 9.88. The normalized spacial score (nSPS) is 17.6. The van der Waals surface area contributed by atoms with Crippen LogP contribution in [0.1, 0.15) is 37.1 Å². The molecule has 0 bridgehead atoms. The van der Waals surface area contributed by atoms with Crippen molar-refractivity contribution >= 4 is 0 Å². The summed E-state index contributed by atoms with van der Waals surface area (Å²) in [7, 11) is 0. The summed E-state index contributed by atoms with van der Waals surface area (Å²) in [6.07, 6.45) is 6.01. The van der Waals surface area contributed by atoms with Gasteiger partial charge in [-0.2, -0.15) is 0 Å². The SMILES string of the molecule is CCCn1cncc1CNC1CCOc2ccccc21. The Morgan fingerprint density at radius 3 is 3.20 bits per heavy atom. The molecule has 0 saturated heterocycles. The molecule has 2 aromatic rings. The molecular formula is C16H21N3O. The third-order valence-electron chi connectivity index (χ3n) is 3.75. The number of para-hydroxylation sites is 1. The Bertz CT molecular complexity index is 564. The Hall–Kier alpha value is -1.81. The van der Waals surface area contributed by atoms with Crippen molar-refractivity contribution in [3.63, 3.8) is 0 Å². The second-order valence-electron chi connectivity index (χ2n) is 5.19. The van der Waals surface area contributed by atoms with Crippen LogP contribution in [0, 0.1) is 0 Å². The summed E-state index contributed by atoms with van der Waals surface area (Å²) in [6.45, 7) is 4.84. The van der Waals surface area contributed by atoms with Gasteiger partial charge in [0.2, 0.25) is 0 Å². The van der Waals surface area contributed by atoms with Crippen LogP contribution in [-0.4, -0.2) is 16.2 Å². The maximum Gasteiger partial charge on any atom is 0.124 e. The van der Waals surface area contributed by atoms with E-state index in [0.29, 0.717) is 6.04 Å². The fourth-order valence-corrected chi connectivity index (χ4v) is 2.72. The molecule has 1 aliphatic rings. The molecule has 1 aliphatic heterocycles. The summed E-state index contributed by atoms with van der Waals surface area (Å²) in [5.74, 6) is 1.01. The van der Waals surface area contributed by atoms with Gasteiger partial charge in [-0.15, -0.1) is 0 Å². The highest BCUT2D eigenvalue weighted by Crippen LogP contribution is 2.31. The summed E-state index contributed by atoms with van der Waals surface area (Å²) in [5, 5.41) is 3.64. The van der Waals surface area contributed by atoms with E-state index in [4.69, 9.17) is 4.74 Å². The van der Waals surface area contributed by atoms with E-state index >= 15 is 0 Å². The maximum absolute atomic E-state index is 5.70. The van der Waals surface area contributed by atoms with E-state index in [1.165, 1.54) is 11.3 Å². The van der Waals surface area contributed by atoms with Crippen LogP contribution in [0.2, 0.25) is 0 Å². The molecule has 1 aromatic carbocycles. The number of nitrogens with one attached hydrogen (secondary N) is 1. The van der Waals surface area contributed by atoms with Gasteiger partial charge in [-0.3, -0.25) is 0 Å². The quantitative estimate of drug-likeness (QED) is 0.909. The van der Waals surface area contributed by atoms with Crippen molar-refractivity contribution in [2.75, 3.05) is 6.61 Å². The largest absolute Gasteiger partial charge is 0.493 e. The minimum Gasteiger partial charge on any atom is -0.493 e. The van der Waals surface area contributed by atoms with Gasteiger partial charge in [0, 0.05) is 37.3 Å². The van der Waals surface area contributed by atoms with Crippen LogP contribution in [0.25, 0.3) is 0 Å². The molecule has 0 aliphatic carbocycles. The topological polar surface area (TPSA) is 39.1 Å². The monoisotopic (exact) mass is 271 g/mol. The number of aromatic nitrogens is 2. The predicted molar refractivity (Wildman–Crippen MR) is 78.7 cm³/mol. The van der Waals surface area contributed by atoms with Gasteiger partial charge in [0.1, 0.15) is 5.75 Å². The molecule has 20 heavy (non-hydrogen) atoms. The van der Waals surface area contributed by atoms with E-state index in [2.05, 4.69) is 33.9 Å². The van der Waals surface area contributed by atoms with Gasteiger partial charge in [0.15, 0.2) is 0 Å². The lowest BCUT2D eigenvalue weighted by Gasteiger charge is -2.26. The minimum atomic E-state index is 0.366. The van der Waals surface area contributed by atoms with Crippen LogP contribution in [0.5, 0.6) is 5.75 Å². The number of aryl methyl sites for hydroxylation is 1. The number of imidazole rings is 1. The number of nitrogens with zero attached hydrogens (tertiary/aromatic N) is 2.